The molecule has 0 heterocycles. The smallest absolute Gasteiger partial charge is 0.253 e. The number of halogens is 1. The van der Waals surface area contributed by atoms with E-state index >= 15 is 0 Å². The van der Waals surface area contributed by atoms with E-state index in [0.29, 0.717) is 29.2 Å². The number of nitrogens with one attached hydrogen (secondary N) is 1. The maximum atomic E-state index is 13.5. The molecule has 0 saturated heterocycles. The molecule has 132 valence electrons. The first-order chi connectivity index (χ1) is 12.0. The van der Waals surface area contributed by atoms with Crippen molar-refractivity contribution in [1.29, 1.82) is 0 Å². The fourth-order valence-electron chi connectivity index (χ4n) is 2.29. The number of carbonyl (C=O) groups is 2. The van der Waals surface area contributed by atoms with Crippen LogP contribution in [0.4, 0.5) is 10.1 Å². The number of anilines is 1. The van der Waals surface area contributed by atoms with Gasteiger partial charge in [-0.05, 0) is 50.2 Å². The molecule has 0 atom stereocenters. The van der Waals surface area contributed by atoms with E-state index in [-0.39, 0.29) is 23.4 Å². The Hall–Kier alpha value is -2.34. The number of nitrogens with zero attached hydrogens (tertiary/aromatic N) is 1. The molecule has 0 bridgehead atoms. The topological polar surface area (TPSA) is 49.4 Å². The van der Waals surface area contributed by atoms with Gasteiger partial charge in [0.25, 0.3) is 5.91 Å². The molecular formula is C19H21FN2O2S. The van der Waals surface area contributed by atoms with Crippen LogP contribution in [0.25, 0.3) is 0 Å². The van der Waals surface area contributed by atoms with Crippen LogP contribution in [0, 0.1) is 5.82 Å². The van der Waals surface area contributed by atoms with E-state index in [1.807, 2.05) is 13.8 Å². The van der Waals surface area contributed by atoms with Gasteiger partial charge in [-0.2, -0.15) is 0 Å². The minimum absolute atomic E-state index is 0.0296. The molecule has 0 radical (unpaired) electrons. The summed E-state index contributed by atoms with van der Waals surface area (Å²) in [4.78, 5) is 26.4. The van der Waals surface area contributed by atoms with Gasteiger partial charge in [0.05, 0.1) is 5.75 Å². The van der Waals surface area contributed by atoms with E-state index in [4.69, 9.17) is 0 Å². The molecule has 0 aromatic heterocycles. The maximum Gasteiger partial charge on any atom is 0.253 e. The van der Waals surface area contributed by atoms with Crippen molar-refractivity contribution in [1.82, 2.24) is 4.90 Å². The van der Waals surface area contributed by atoms with Crippen LogP contribution in [0.3, 0.4) is 0 Å². The zero-order valence-electron chi connectivity index (χ0n) is 14.3. The predicted molar refractivity (Wildman–Crippen MR) is 99.4 cm³/mol. The fraction of sp³-hybridized carbons (Fsp3) is 0.263. The van der Waals surface area contributed by atoms with Crippen LogP contribution >= 0.6 is 11.8 Å². The third-order valence-corrected chi connectivity index (χ3v) is 4.71. The number of thioether (sulfide) groups is 1. The van der Waals surface area contributed by atoms with Gasteiger partial charge < -0.3 is 10.2 Å². The second kappa shape index (κ2) is 9.22. The molecule has 0 aliphatic rings. The highest BCUT2D eigenvalue weighted by atomic mass is 32.2. The molecular weight excluding hydrogens is 339 g/mol. The molecule has 25 heavy (non-hydrogen) atoms. The Kier molecular flexibility index (Phi) is 7.01. The molecule has 0 aliphatic carbocycles. The Balaban J connectivity index is 1.91. The maximum absolute atomic E-state index is 13.5. The van der Waals surface area contributed by atoms with Gasteiger partial charge in [-0.1, -0.05) is 12.1 Å². The van der Waals surface area contributed by atoms with Crippen molar-refractivity contribution in [2.24, 2.45) is 0 Å². The Morgan fingerprint density at radius 3 is 2.28 bits per heavy atom. The summed E-state index contributed by atoms with van der Waals surface area (Å²) in [5.41, 5.74) is 1.19. The minimum Gasteiger partial charge on any atom is -0.339 e. The molecule has 0 aliphatic heterocycles. The van der Waals surface area contributed by atoms with Crippen LogP contribution in [0.15, 0.2) is 53.4 Å². The summed E-state index contributed by atoms with van der Waals surface area (Å²) in [7, 11) is 0. The number of benzene rings is 2. The van der Waals surface area contributed by atoms with Crippen molar-refractivity contribution in [3.8, 4) is 0 Å². The fourth-order valence-corrected chi connectivity index (χ4v) is 3.03. The number of amides is 2. The van der Waals surface area contributed by atoms with E-state index in [1.165, 1.54) is 6.07 Å². The normalized spacial score (nSPS) is 10.4. The van der Waals surface area contributed by atoms with E-state index in [9.17, 15) is 14.0 Å². The zero-order valence-corrected chi connectivity index (χ0v) is 15.1. The summed E-state index contributed by atoms with van der Waals surface area (Å²) >= 11 is 1.14. The lowest BCUT2D eigenvalue weighted by Gasteiger charge is -2.18. The van der Waals surface area contributed by atoms with E-state index in [1.54, 1.807) is 47.4 Å². The predicted octanol–water partition coefficient (Wildman–Crippen LogP) is 4.04. The van der Waals surface area contributed by atoms with Crippen LogP contribution < -0.4 is 5.32 Å². The summed E-state index contributed by atoms with van der Waals surface area (Å²) in [6, 6.07) is 13.1. The molecule has 0 saturated carbocycles. The minimum atomic E-state index is -0.334. The van der Waals surface area contributed by atoms with Gasteiger partial charge >= 0.3 is 0 Å². The molecule has 0 unspecified atom stereocenters. The van der Waals surface area contributed by atoms with Crippen LogP contribution in [0.2, 0.25) is 0 Å². The molecule has 4 nitrogen and oxygen atoms in total. The molecule has 2 rings (SSSR count). The quantitative estimate of drug-likeness (QED) is 0.758. The Bertz CT molecular complexity index is 730. The first-order valence-corrected chi connectivity index (χ1v) is 9.10. The monoisotopic (exact) mass is 360 g/mol. The van der Waals surface area contributed by atoms with Gasteiger partial charge in [-0.3, -0.25) is 9.59 Å². The highest BCUT2D eigenvalue weighted by molar-refractivity contribution is 8.00. The van der Waals surface area contributed by atoms with Crippen LogP contribution in [0.1, 0.15) is 24.2 Å². The highest BCUT2D eigenvalue weighted by Gasteiger charge is 2.12. The van der Waals surface area contributed by atoms with Crippen molar-refractivity contribution >= 4 is 29.3 Å². The highest BCUT2D eigenvalue weighted by Crippen LogP contribution is 2.21. The summed E-state index contributed by atoms with van der Waals surface area (Å²) in [5, 5.41) is 2.75. The molecule has 2 aromatic carbocycles. The Morgan fingerprint density at radius 2 is 1.68 bits per heavy atom. The first-order valence-electron chi connectivity index (χ1n) is 8.11. The van der Waals surface area contributed by atoms with Gasteiger partial charge in [0, 0.05) is 29.2 Å². The summed E-state index contributed by atoms with van der Waals surface area (Å²) in [6.07, 6.45) is 0. The standard InChI is InChI=1S/C19H21FN2O2S/c1-3-22(4-2)19(24)14-9-11-15(12-10-14)21-18(23)13-25-17-8-6-5-7-16(17)20/h5-12H,3-4,13H2,1-2H3,(H,21,23). The van der Waals surface area contributed by atoms with Crippen molar-refractivity contribution in [2.45, 2.75) is 18.7 Å². The lowest BCUT2D eigenvalue weighted by molar-refractivity contribution is -0.113. The van der Waals surface area contributed by atoms with Gasteiger partial charge in [0.2, 0.25) is 5.91 Å². The molecule has 6 heteroatoms. The second-order valence-electron chi connectivity index (χ2n) is 5.32. The van der Waals surface area contributed by atoms with Gasteiger partial charge in [-0.15, -0.1) is 11.8 Å². The SMILES string of the molecule is CCN(CC)C(=O)c1ccc(NC(=O)CSc2ccccc2F)cc1. The lowest BCUT2D eigenvalue weighted by Crippen LogP contribution is -2.30. The molecule has 0 fully saturated rings. The van der Waals surface area contributed by atoms with Gasteiger partial charge in [-0.25, -0.2) is 4.39 Å². The van der Waals surface area contributed by atoms with Crippen LogP contribution in [-0.2, 0) is 4.79 Å². The van der Waals surface area contributed by atoms with Crippen molar-refractivity contribution < 1.29 is 14.0 Å². The molecule has 0 spiro atoms. The Labute approximate surface area is 151 Å². The summed E-state index contributed by atoms with van der Waals surface area (Å²) in [5.74, 6) is -0.477. The molecule has 2 aromatic rings. The average molecular weight is 360 g/mol. The van der Waals surface area contributed by atoms with Crippen LogP contribution in [-0.4, -0.2) is 35.6 Å². The van der Waals surface area contributed by atoms with Gasteiger partial charge in [0.1, 0.15) is 5.82 Å². The van der Waals surface area contributed by atoms with E-state index in [0.717, 1.165) is 11.8 Å². The summed E-state index contributed by atoms with van der Waals surface area (Å²) < 4.78 is 13.5. The zero-order chi connectivity index (χ0) is 18.2. The average Bonchev–Trinajstić information content (AvgIpc) is 2.62. The summed E-state index contributed by atoms with van der Waals surface area (Å²) in [6.45, 7) is 5.18. The second-order valence-corrected chi connectivity index (χ2v) is 6.34. The molecule has 2 amide bonds. The number of hydrogen-bond acceptors (Lipinski definition) is 3. The molecule has 1 N–H and O–H groups in total. The van der Waals surface area contributed by atoms with E-state index < -0.39 is 0 Å². The third kappa shape index (κ3) is 5.32. The van der Waals surface area contributed by atoms with Crippen molar-refractivity contribution in [3.05, 3.63) is 59.9 Å². The largest absolute Gasteiger partial charge is 0.339 e. The lowest BCUT2D eigenvalue weighted by atomic mass is 10.2. The van der Waals surface area contributed by atoms with Gasteiger partial charge in [0.15, 0.2) is 0 Å². The Morgan fingerprint density at radius 1 is 1.04 bits per heavy atom. The first kappa shape index (κ1) is 19.0. The van der Waals surface area contributed by atoms with Crippen molar-refractivity contribution in [2.75, 3.05) is 24.2 Å². The number of rotatable bonds is 7. The number of carbonyl (C=O) groups excluding carboxylic acids is 2. The van der Waals surface area contributed by atoms with E-state index in [2.05, 4.69) is 5.32 Å². The van der Waals surface area contributed by atoms with Crippen LogP contribution in [0.5, 0.6) is 0 Å². The van der Waals surface area contributed by atoms with Crippen molar-refractivity contribution in [3.63, 3.8) is 0 Å². The third-order valence-electron chi connectivity index (χ3n) is 3.66. The number of hydrogen-bond donors (Lipinski definition) is 1.